The minimum absolute atomic E-state index is 0.327. The fourth-order valence-corrected chi connectivity index (χ4v) is 2.53. The van der Waals surface area contributed by atoms with Crippen molar-refractivity contribution < 1.29 is 9.90 Å². The molecule has 3 heteroatoms. The van der Waals surface area contributed by atoms with Crippen molar-refractivity contribution in [3.05, 3.63) is 0 Å². The van der Waals surface area contributed by atoms with Gasteiger partial charge in [0.25, 0.3) is 0 Å². The SMILES string of the molecule is CC(C)(C)CN1CCCC(CCC(=O)O)C1. The molecule has 0 aromatic carbocycles. The maximum Gasteiger partial charge on any atom is 0.303 e. The smallest absolute Gasteiger partial charge is 0.303 e. The van der Waals surface area contributed by atoms with E-state index in [-0.39, 0.29) is 0 Å². The number of hydrogen-bond donors (Lipinski definition) is 1. The summed E-state index contributed by atoms with van der Waals surface area (Å²) in [6, 6.07) is 0. The van der Waals surface area contributed by atoms with Crippen LogP contribution in [0.4, 0.5) is 0 Å². The summed E-state index contributed by atoms with van der Waals surface area (Å²) in [5.74, 6) is -0.0693. The lowest BCUT2D eigenvalue weighted by Gasteiger charge is -2.36. The van der Waals surface area contributed by atoms with Crippen LogP contribution in [-0.2, 0) is 4.79 Å². The monoisotopic (exact) mass is 227 g/mol. The summed E-state index contributed by atoms with van der Waals surface area (Å²) in [4.78, 5) is 13.0. The molecule has 1 aliphatic heterocycles. The summed E-state index contributed by atoms with van der Waals surface area (Å²) < 4.78 is 0. The van der Waals surface area contributed by atoms with Crippen molar-refractivity contribution in [2.75, 3.05) is 19.6 Å². The highest BCUT2D eigenvalue weighted by atomic mass is 16.4. The molecule has 1 unspecified atom stereocenters. The predicted molar refractivity (Wildman–Crippen MR) is 65.5 cm³/mol. The zero-order chi connectivity index (χ0) is 12.2. The molecule has 0 amide bonds. The molecule has 1 heterocycles. The first-order valence-corrected chi connectivity index (χ1v) is 6.31. The minimum Gasteiger partial charge on any atom is -0.481 e. The van der Waals surface area contributed by atoms with Gasteiger partial charge in [-0.1, -0.05) is 20.8 Å². The Morgan fingerprint density at radius 2 is 2.12 bits per heavy atom. The summed E-state index contributed by atoms with van der Waals surface area (Å²) in [6.45, 7) is 10.2. The van der Waals surface area contributed by atoms with Crippen molar-refractivity contribution in [1.82, 2.24) is 4.90 Å². The van der Waals surface area contributed by atoms with Crippen molar-refractivity contribution in [2.24, 2.45) is 11.3 Å². The molecule has 1 fully saturated rings. The van der Waals surface area contributed by atoms with Gasteiger partial charge < -0.3 is 10.0 Å². The molecule has 1 atom stereocenters. The number of nitrogens with zero attached hydrogens (tertiary/aromatic N) is 1. The van der Waals surface area contributed by atoms with Crippen LogP contribution in [0.2, 0.25) is 0 Å². The van der Waals surface area contributed by atoms with Crippen LogP contribution in [0.15, 0.2) is 0 Å². The molecule has 0 aliphatic carbocycles. The molecule has 3 nitrogen and oxygen atoms in total. The molecule has 16 heavy (non-hydrogen) atoms. The summed E-state index contributed by atoms with van der Waals surface area (Å²) >= 11 is 0. The summed E-state index contributed by atoms with van der Waals surface area (Å²) in [5, 5.41) is 8.68. The lowest BCUT2D eigenvalue weighted by atomic mass is 9.90. The third-order valence-electron chi connectivity index (χ3n) is 3.07. The maximum atomic E-state index is 10.5. The van der Waals surface area contributed by atoms with Gasteiger partial charge in [-0.15, -0.1) is 0 Å². The van der Waals surface area contributed by atoms with E-state index in [0.29, 0.717) is 17.8 Å². The number of piperidine rings is 1. The van der Waals surface area contributed by atoms with Crippen LogP contribution in [0.5, 0.6) is 0 Å². The molecule has 1 saturated heterocycles. The van der Waals surface area contributed by atoms with E-state index in [9.17, 15) is 4.79 Å². The van der Waals surface area contributed by atoms with Gasteiger partial charge in [-0.25, -0.2) is 0 Å². The van der Waals surface area contributed by atoms with Gasteiger partial charge in [0.1, 0.15) is 0 Å². The second-order valence-corrected chi connectivity index (χ2v) is 6.24. The van der Waals surface area contributed by atoms with Gasteiger partial charge in [0.2, 0.25) is 0 Å². The maximum absolute atomic E-state index is 10.5. The average Bonchev–Trinajstić information content (AvgIpc) is 2.12. The standard InChI is InChI=1S/C13H25NO2/c1-13(2,3)10-14-8-4-5-11(9-14)6-7-12(15)16/h11H,4-10H2,1-3H3,(H,15,16). The number of carboxylic acid groups (broad SMARTS) is 1. The molecule has 1 rings (SSSR count). The van der Waals surface area contributed by atoms with E-state index in [1.165, 1.54) is 19.4 Å². The first kappa shape index (κ1) is 13.5. The Bertz CT molecular complexity index is 233. The Labute approximate surface area is 98.8 Å². The highest BCUT2D eigenvalue weighted by molar-refractivity contribution is 5.66. The van der Waals surface area contributed by atoms with Gasteiger partial charge in [-0.05, 0) is 37.1 Å². The van der Waals surface area contributed by atoms with E-state index in [2.05, 4.69) is 25.7 Å². The highest BCUT2D eigenvalue weighted by Crippen LogP contribution is 2.24. The van der Waals surface area contributed by atoms with Gasteiger partial charge >= 0.3 is 5.97 Å². The molecule has 0 spiro atoms. The molecule has 0 aromatic rings. The molecule has 0 radical (unpaired) electrons. The van der Waals surface area contributed by atoms with Crippen molar-refractivity contribution in [1.29, 1.82) is 0 Å². The number of likely N-dealkylation sites (tertiary alicyclic amines) is 1. The third-order valence-corrected chi connectivity index (χ3v) is 3.07. The van der Waals surface area contributed by atoms with Crippen LogP contribution in [0, 0.1) is 11.3 Å². The number of carboxylic acids is 1. The number of rotatable bonds is 4. The average molecular weight is 227 g/mol. The number of hydrogen-bond acceptors (Lipinski definition) is 2. The van der Waals surface area contributed by atoms with Gasteiger partial charge in [0.15, 0.2) is 0 Å². The molecule has 0 bridgehead atoms. The van der Waals surface area contributed by atoms with Gasteiger partial charge in [-0.2, -0.15) is 0 Å². The van der Waals surface area contributed by atoms with E-state index in [4.69, 9.17) is 5.11 Å². The van der Waals surface area contributed by atoms with E-state index in [1.807, 2.05) is 0 Å². The first-order valence-electron chi connectivity index (χ1n) is 6.31. The summed E-state index contributed by atoms with van der Waals surface area (Å²) in [6.07, 6.45) is 3.60. The molecular weight excluding hydrogens is 202 g/mol. The highest BCUT2D eigenvalue weighted by Gasteiger charge is 2.23. The quantitative estimate of drug-likeness (QED) is 0.802. The third kappa shape index (κ3) is 5.50. The lowest BCUT2D eigenvalue weighted by Crippen LogP contribution is -2.40. The van der Waals surface area contributed by atoms with Crippen LogP contribution in [0.25, 0.3) is 0 Å². The summed E-state index contributed by atoms with van der Waals surface area (Å²) in [7, 11) is 0. The summed E-state index contributed by atoms with van der Waals surface area (Å²) in [5.41, 5.74) is 0.342. The van der Waals surface area contributed by atoms with Gasteiger partial charge in [0.05, 0.1) is 0 Å². The Kier molecular flexibility index (Phi) is 4.78. The molecule has 1 aliphatic rings. The Morgan fingerprint density at radius 1 is 1.44 bits per heavy atom. The fraction of sp³-hybridized carbons (Fsp3) is 0.923. The number of aliphatic carboxylic acids is 1. The fourth-order valence-electron chi connectivity index (χ4n) is 2.53. The minimum atomic E-state index is -0.659. The van der Waals surface area contributed by atoms with Crippen molar-refractivity contribution in [3.8, 4) is 0 Å². The number of carbonyl (C=O) groups is 1. The zero-order valence-corrected chi connectivity index (χ0v) is 10.8. The van der Waals surface area contributed by atoms with Crippen LogP contribution in [-0.4, -0.2) is 35.6 Å². The first-order chi connectivity index (χ1) is 7.37. The van der Waals surface area contributed by atoms with Crippen molar-refractivity contribution >= 4 is 5.97 Å². The van der Waals surface area contributed by atoms with Crippen molar-refractivity contribution in [3.63, 3.8) is 0 Å². The largest absolute Gasteiger partial charge is 0.481 e. The van der Waals surface area contributed by atoms with Crippen LogP contribution in [0.1, 0.15) is 46.5 Å². The lowest BCUT2D eigenvalue weighted by molar-refractivity contribution is -0.137. The van der Waals surface area contributed by atoms with E-state index < -0.39 is 5.97 Å². The molecule has 94 valence electrons. The molecule has 1 N–H and O–H groups in total. The second-order valence-electron chi connectivity index (χ2n) is 6.24. The van der Waals surface area contributed by atoms with Crippen LogP contribution < -0.4 is 0 Å². The van der Waals surface area contributed by atoms with Crippen molar-refractivity contribution in [2.45, 2.75) is 46.5 Å². The Morgan fingerprint density at radius 3 is 2.69 bits per heavy atom. The van der Waals surface area contributed by atoms with Gasteiger partial charge in [0, 0.05) is 19.5 Å². The van der Waals surface area contributed by atoms with Gasteiger partial charge in [-0.3, -0.25) is 4.79 Å². The molecule has 0 aromatic heterocycles. The predicted octanol–water partition coefficient (Wildman–Crippen LogP) is 2.61. The van der Waals surface area contributed by atoms with Crippen LogP contribution >= 0.6 is 0 Å². The normalized spacial score (nSPS) is 23.3. The van der Waals surface area contributed by atoms with E-state index in [1.54, 1.807) is 0 Å². The van der Waals surface area contributed by atoms with E-state index >= 15 is 0 Å². The second kappa shape index (κ2) is 5.67. The molecular formula is C13H25NO2. The zero-order valence-electron chi connectivity index (χ0n) is 10.8. The van der Waals surface area contributed by atoms with E-state index in [0.717, 1.165) is 19.5 Å². The molecule has 0 saturated carbocycles. The topological polar surface area (TPSA) is 40.5 Å². The Balaban J connectivity index is 2.32. The van der Waals surface area contributed by atoms with Crippen LogP contribution in [0.3, 0.4) is 0 Å². The Hall–Kier alpha value is -0.570.